The minimum absolute atomic E-state index is 0.0277. The minimum atomic E-state index is -3.89. The molecule has 172 valence electrons. The predicted molar refractivity (Wildman–Crippen MR) is 128 cm³/mol. The van der Waals surface area contributed by atoms with E-state index in [1.807, 2.05) is 48.5 Å². The van der Waals surface area contributed by atoms with Gasteiger partial charge in [0.25, 0.3) is 5.91 Å². The van der Waals surface area contributed by atoms with Gasteiger partial charge in [-0.15, -0.1) is 0 Å². The maximum Gasteiger partial charge on any atom is 0.251 e. The normalized spacial score (nSPS) is 15.7. The zero-order valence-electron chi connectivity index (χ0n) is 18.8. The van der Waals surface area contributed by atoms with Crippen LogP contribution in [-0.4, -0.2) is 32.8 Å². The van der Waals surface area contributed by atoms with E-state index in [0.29, 0.717) is 0 Å². The number of hydrogen-bond acceptors (Lipinski definition) is 4. The van der Waals surface area contributed by atoms with Crippen LogP contribution >= 0.6 is 0 Å². The van der Waals surface area contributed by atoms with E-state index in [2.05, 4.69) is 11.4 Å². The van der Waals surface area contributed by atoms with Gasteiger partial charge in [0.1, 0.15) is 10.6 Å². The molecule has 7 heteroatoms. The summed E-state index contributed by atoms with van der Waals surface area (Å²) in [6.07, 6.45) is 2.85. The number of rotatable bonds is 7. The third kappa shape index (κ3) is 4.94. The van der Waals surface area contributed by atoms with Crippen molar-refractivity contribution in [3.63, 3.8) is 0 Å². The number of benzene rings is 3. The van der Waals surface area contributed by atoms with E-state index in [-0.39, 0.29) is 34.7 Å². The van der Waals surface area contributed by atoms with Crippen LogP contribution in [0, 0.1) is 0 Å². The quantitative estimate of drug-likeness (QED) is 0.565. The molecule has 1 amide bonds. The fourth-order valence-corrected chi connectivity index (χ4v) is 5.59. The van der Waals surface area contributed by atoms with Gasteiger partial charge in [0.15, 0.2) is 0 Å². The summed E-state index contributed by atoms with van der Waals surface area (Å²) in [7, 11) is -0.947. The van der Waals surface area contributed by atoms with Crippen molar-refractivity contribution in [2.75, 3.05) is 14.2 Å². The number of aryl methyl sites for hydroxylation is 1. The van der Waals surface area contributed by atoms with Crippen LogP contribution in [0.2, 0.25) is 0 Å². The molecule has 3 aromatic rings. The molecule has 0 radical (unpaired) electrons. The second-order valence-corrected chi connectivity index (χ2v) is 10.2. The Hall–Kier alpha value is -3.16. The number of hydrogen-bond donors (Lipinski definition) is 1. The van der Waals surface area contributed by atoms with Gasteiger partial charge in [0, 0.05) is 19.2 Å². The molecule has 1 atom stereocenters. The van der Waals surface area contributed by atoms with E-state index < -0.39 is 10.0 Å². The highest BCUT2D eigenvalue weighted by atomic mass is 32.2. The number of nitrogens with one attached hydrogen (secondary N) is 1. The minimum Gasteiger partial charge on any atom is -0.495 e. The molecule has 3 aromatic carbocycles. The predicted octanol–water partition coefficient (Wildman–Crippen LogP) is 4.32. The van der Waals surface area contributed by atoms with E-state index >= 15 is 0 Å². The van der Waals surface area contributed by atoms with Crippen molar-refractivity contribution in [1.82, 2.24) is 9.62 Å². The Bertz CT molecular complexity index is 1240. The lowest BCUT2D eigenvalue weighted by atomic mass is 9.87. The Morgan fingerprint density at radius 1 is 1.06 bits per heavy atom. The van der Waals surface area contributed by atoms with Crippen LogP contribution in [0.4, 0.5) is 0 Å². The lowest BCUT2D eigenvalue weighted by Crippen LogP contribution is -2.31. The molecule has 0 unspecified atom stereocenters. The SMILES string of the molecule is COc1ccc(C(=O)N[C@H]2CCCc3ccccc32)cc1S(=O)(=O)N(C)Cc1ccccc1. The highest BCUT2D eigenvalue weighted by Gasteiger charge is 2.27. The van der Waals surface area contributed by atoms with Crippen LogP contribution in [-0.2, 0) is 23.0 Å². The molecule has 0 aromatic heterocycles. The van der Waals surface area contributed by atoms with Crippen LogP contribution in [0.1, 0.15) is 45.9 Å². The molecule has 1 N–H and O–H groups in total. The molecule has 0 aliphatic heterocycles. The number of methoxy groups -OCH3 is 1. The van der Waals surface area contributed by atoms with Gasteiger partial charge < -0.3 is 10.1 Å². The molecule has 0 spiro atoms. The number of sulfonamides is 1. The molecule has 0 bridgehead atoms. The third-order valence-electron chi connectivity index (χ3n) is 6.04. The summed E-state index contributed by atoms with van der Waals surface area (Å²) >= 11 is 0. The third-order valence-corrected chi connectivity index (χ3v) is 7.86. The van der Waals surface area contributed by atoms with E-state index in [4.69, 9.17) is 4.74 Å². The summed E-state index contributed by atoms with van der Waals surface area (Å²) in [4.78, 5) is 13.1. The second-order valence-electron chi connectivity index (χ2n) is 8.23. The van der Waals surface area contributed by atoms with Gasteiger partial charge in [-0.1, -0.05) is 54.6 Å². The molecule has 0 saturated heterocycles. The number of carbonyl (C=O) groups is 1. The standard InChI is InChI=1S/C26H28N2O4S/c1-28(18-19-9-4-3-5-10-19)33(30,31)25-17-21(15-16-24(25)32-2)26(29)27-23-14-8-12-20-11-6-7-13-22(20)23/h3-7,9-11,13,15-17,23H,8,12,14,18H2,1-2H3,(H,27,29)/t23-/m0/s1. The number of ether oxygens (including phenoxy) is 1. The molecule has 0 saturated carbocycles. The Labute approximate surface area is 195 Å². The first-order valence-corrected chi connectivity index (χ1v) is 12.4. The van der Waals surface area contributed by atoms with E-state index in [9.17, 15) is 13.2 Å². The van der Waals surface area contributed by atoms with Crippen molar-refractivity contribution in [1.29, 1.82) is 0 Å². The van der Waals surface area contributed by atoms with Gasteiger partial charge in [-0.25, -0.2) is 8.42 Å². The van der Waals surface area contributed by atoms with Gasteiger partial charge in [-0.05, 0) is 54.2 Å². The average molecular weight is 465 g/mol. The Morgan fingerprint density at radius 3 is 2.55 bits per heavy atom. The zero-order valence-corrected chi connectivity index (χ0v) is 19.6. The van der Waals surface area contributed by atoms with Crippen molar-refractivity contribution in [3.8, 4) is 5.75 Å². The number of carbonyl (C=O) groups excluding carboxylic acids is 1. The Morgan fingerprint density at radius 2 is 1.79 bits per heavy atom. The van der Waals surface area contributed by atoms with Crippen molar-refractivity contribution in [3.05, 3.63) is 95.1 Å². The first-order chi connectivity index (χ1) is 15.9. The Balaban J connectivity index is 1.59. The van der Waals surface area contributed by atoms with Crippen molar-refractivity contribution < 1.29 is 17.9 Å². The molecule has 4 rings (SSSR count). The van der Waals surface area contributed by atoms with Gasteiger partial charge in [-0.2, -0.15) is 4.31 Å². The maximum absolute atomic E-state index is 13.4. The van der Waals surface area contributed by atoms with Crippen LogP contribution in [0.3, 0.4) is 0 Å². The van der Waals surface area contributed by atoms with Gasteiger partial charge in [-0.3, -0.25) is 4.79 Å². The molecule has 0 heterocycles. The molecule has 1 aliphatic carbocycles. The van der Waals surface area contributed by atoms with Crippen LogP contribution in [0.15, 0.2) is 77.7 Å². The summed E-state index contributed by atoms with van der Waals surface area (Å²) in [6, 6.07) is 21.9. The molecule has 1 aliphatic rings. The number of fused-ring (bicyclic) bond motifs is 1. The smallest absolute Gasteiger partial charge is 0.251 e. The molecule has 33 heavy (non-hydrogen) atoms. The second kappa shape index (κ2) is 9.77. The molecular formula is C26H28N2O4S. The number of amides is 1. The van der Waals surface area contributed by atoms with Gasteiger partial charge in [0.2, 0.25) is 10.0 Å². The van der Waals surface area contributed by atoms with E-state index in [1.165, 1.54) is 36.2 Å². The monoisotopic (exact) mass is 464 g/mol. The molecular weight excluding hydrogens is 436 g/mol. The summed E-state index contributed by atoms with van der Waals surface area (Å²) in [5, 5.41) is 3.09. The van der Waals surface area contributed by atoms with Crippen LogP contribution < -0.4 is 10.1 Å². The first-order valence-electron chi connectivity index (χ1n) is 11.0. The zero-order chi connectivity index (χ0) is 23.4. The van der Waals surface area contributed by atoms with E-state index in [1.54, 1.807) is 6.07 Å². The van der Waals surface area contributed by atoms with E-state index in [0.717, 1.165) is 30.4 Å². The summed E-state index contributed by atoms with van der Waals surface area (Å²) in [6.45, 7) is 0.210. The van der Waals surface area contributed by atoms with Crippen LogP contribution in [0.25, 0.3) is 0 Å². The highest BCUT2D eigenvalue weighted by Crippen LogP contribution is 2.31. The Kier molecular flexibility index (Phi) is 6.81. The van der Waals surface area contributed by atoms with Crippen molar-refractivity contribution in [2.24, 2.45) is 0 Å². The largest absolute Gasteiger partial charge is 0.495 e. The summed E-state index contributed by atoms with van der Waals surface area (Å²) in [5.74, 6) is -0.101. The molecule has 0 fully saturated rings. The lowest BCUT2D eigenvalue weighted by molar-refractivity contribution is 0.0932. The number of nitrogens with zero attached hydrogens (tertiary/aromatic N) is 1. The first kappa shape index (κ1) is 23.0. The van der Waals surface area contributed by atoms with Crippen LogP contribution in [0.5, 0.6) is 5.75 Å². The lowest BCUT2D eigenvalue weighted by Gasteiger charge is -2.26. The maximum atomic E-state index is 13.4. The topological polar surface area (TPSA) is 75.7 Å². The highest BCUT2D eigenvalue weighted by molar-refractivity contribution is 7.89. The fraction of sp³-hybridized carbons (Fsp3) is 0.269. The van der Waals surface area contributed by atoms with Gasteiger partial charge >= 0.3 is 0 Å². The summed E-state index contributed by atoms with van der Waals surface area (Å²) < 4.78 is 33.3. The van der Waals surface area contributed by atoms with Crippen molar-refractivity contribution in [2.45, 2.75) is 36.7 Å². The fourth-order valence-electron chi connectivity index (χ4n) is 4.26. The molecule has 6 nitrogen and oxygen atoms in total. The average Bonchev–Trinajstić information content (AvgIpc) is 2.84. The summed E-state index contributed by atoms with van der Waals surface area (Å²) in [5.41, 5.74) is 3.52. The van der Waals surface area contributed by atoms with Gasteiger partial charge in [0.05, 0.1) is 13.2 Å². The van der Waals surface area contributed by atoms with Crippen molar-refractivity contribution >= 4 is 15.9 Å².